The van der Waals surface area contributed by atoms with Gasteiger partial charge in [-0.1, -0.05) is 26.0 Å². The van der Waals surface area contributed by atoms with Gasteiger partial charge in [-0.3, -0.25) is 14.5 Å². The summed E-state index contributed by atoms with van der Waals surface area (Å²) in [4.78, 5) is 25.0. The number of hydrogen-bond acceptors (Lipinski definition) is 3. The van der Waals surface area contributed by atoms with E-state index >= 15 is 0 Å². The largest absolute Gasteiger partial charge is 0.310 e. The third-order valence-electron chi connectivity index (χ3n) is 3.53. The summed E-state index contributed by atoms with van der Waals surface area (Å²) in [6, 6.07) is 7.88. The van der Waals surface area contributed by atoms with Crippen LogP contribution in [0.4, 0.5) is 5.69 Å². The van der Waals surface area contributed by atoms with Gasteiger partial charge in [-0.25, -0.2) is 0 Å². The summed E-state index contributed by atoms with van der Waals surface area (Å²) < 4.78 is 0. The maximum Gasteiger partial charge on any atom is 0.237 e. The van der Waals surface area contributed by atoms with E-state index < -0.39 is 0 Å². The van der Waals surface area contributed by atoms with Crippen molar-refractivity contribution < 1.29 is 9.59 Å². The quantitative estimate of drug-likeness (QED) is 0.845. The number of benzene rings is 1. The molecule has 2 unspecified atom stereocenters. The van der Waals surface area contributed by atoms with Crippen molar-refractivity contribution in [2.24, 2.45) is 5.92 Å². The van der Waals surface area contributed by atoms with Crippen LogP contribution < -0.4 is 10.2 Å². The molecule has 0 saturated carbocycles. The van der Waals surface area contributed by atoms with Gasteiger partial charge in [0.15, 0.2) is 0 Å². The third-order valence-corrected chi connectivity index (χ3v) is 3.53. The van der Waals surface area contributed by atoms with Crippen LogP contribution in [0, 0.1) is 5.92 Å². The molecular weight excluding hydrogens is 240 g/mol. The van der Waals surface area contributed by atoms with Gasteiger partial charge in [-0.2, -0.15) is 0 Å². The average Bonchev–Trinajstić information content (AvgIpc) is 2.64. The van der Waals surface area contributed by atoms with E-state index in [9.17, 15) is 9.59 Å². The first kappa shape index (κ1) is 13.7. The summed E-state index contributed by atoms with van der Waals surface area (Å²) in [5, 5.41) is 3.33. The van der Waals surface area contributed by atoms with E-state index in [-0.39, 0.29) is 23.8 Å². The SMILES string of the molecule is CCNC(C)c1ccc(N2C(=O)CC(C)C2=O)cc1. The molecule has 2 atom stereocenters. The van der Waals surface area contributed by atoms with Crippen LogP contribution >= 0.6 is 0 Å². The molecule has 1 aliphatic rings. The van der Waals surface area contributed by atoms with Crippen molar-refractivity contribution in [3.8, 4) is 0 Å². The lowest BCUT2D eigenvalue weighted by molar-refractivity contribution is -0.122. The fraction of sp³-hybridized carbons (Fsp3) is 0.467. The first-order valence-corrected chi connectivity index (χ1v) is 6.74. The summed E-state index contributed by atoms with van der Waals surface area (Å²) in [6.07, 6.45) is 0.314. The van der Waals surface area contributed by atoms with E-state index in [2.05, 4.69) is 19.2 Å². The van der Waals surface area contributed by atoms with Gasteiger partial charge in [0, 0.05) is 18.4 Å². The fourth-order valence-corrected chi connectivity index (χ4v) is 2.39. The van der Waals surface area contributed by atoms with Crippen molar-refractivity contribution in [1.29, 1.82) is 0 Å². The number of nitrogens with one attached hydrogen (secondary N) is 1. The summed E-state index contributed by atoms with van der Waals surface area (Å²) >= 11 is 0. The van der Waals surface area contributed by atoms with Gasteiger partial charge in [-0.05, 0) is 31.2 Å². The lowest BCUT2D eigenvalue weighted by Gasteiger charge is -2.17. The third kappa shape index (κ3) is 2.68. The summed E-state index contributed by atoms with van der Waals surface area (Å²) in [7, 11) is 0. The normalized spacial score (nSPS) is 21.0. The maximum atomic E-state index is 11.9. The predicted octanol–water partition coefficient (Wildman–Crippen LogP) is 2.26. The molecule has 0 aliphatic carbocycles. The smallest absolute Gasteiger partial charge is 0.237 e. The Balaban J connectivity index is 2.19. The topological polar surface area (TPSA) is 49.4 Å². The van der Waals surface area contributed by atoms with Crippen LogP contribution in [0.1, 0.15) is 38.8 Å². The van der Waals surface area contributed by atoms with E-state index in [1.807, 2.05) is 24.3 Å². The van der Waals surface area contributed by atoms with Crippen LogP contribution in [0.25, 0.3) is 0 Å². The summed E-state index contributed by atoms with van der Waals surface area (Å²) in [5.74, 6) is -0.407. The average molecular weight is 260 g/mol. The molecule has 2 rings (SSSR count). The lowest BCUT2D eigenvalue weighted by atomic mass is 10.1. The zero-order valence-electron chi connectivity index (χ0n) is 11.6. The molecular formula is C15H20N2O2. The molecule has 4 nitrogen and oxygen atoms in total. The minimum atomic E-state index is -0.201. The number of carbonyl (C=O) groups is 2. The minimum absolute atomic E-state index is 0.0996. The van der Waals surface area contributed by atoms with Crippen molar-refractivity contribution in [3.63, 3.8) is 0 Å². The molecule has 0 bridgehead atoms. The van der Waals surface area contributed by atoms with Crippen molar-refractivity contribution >= 4 is 17.5 Å². The Hall–Kier alpha value is -1.68. The number of carbonyl (C=O) groups excluding carboxylic acids is 2. The Kier molecular flexibility index (Phi) is 4.00. The van der Waals surface area contributed by atoms with Gasteiger partial charge in [0.2, 0.25) is 11.8 Å². The second-order valence-corrected chi connectivity index (χ2v) is 5.04. The Morgan fingerprint density at radius 3 is 2.42 bits per heavy atom. The molecule has 1 aromatic carbocycles. The first-order chi connectivity index (χ1) is 9.04. The van der Waals surface area contributed by atoms with Gasteiger partial charge in [0.1, 0.15) is 0 Å². The van der Waals surface area contributed by atoms with Crippen LogP contribution in [-0.2, 0) is 9.59 Å². The van der Waals surface area contributed by atoms with E-state index in [0.717, 1.165) is 12.1 Å². The number of nitrogens with zero attached hydrogens (tertiary/aromatic N) is 1. The summed E-state index contributed by atoms with van der Waals surface area (Å²) in [6.45, 7) is 6.85. The van der Waals surface area contributed by atoms with Gasteiger partial charge in [0.25, 0.3) is 0 Å². The molecule has 0 spiro atoms. The molecule has 1 aliphatic heterocycles. The molecule has 0 radical (unpaired) electrons. The first-order valence-electron chi connectivity index (χ1n) is 6.74. The molecule has 1 heterocycles. The molecule has 2 amide bonds. The molecule has 0 aromatic heterocycles. The monoisotopic (exact) mass is 260 g/mol. The second-order valence-electron chi connectivity index (χ2n) is 5.04. The zero-order chi connectivity index (χ0) is 14.0. The zero-order valence-corrected chi connectivity index (χ0v) is 11.6. The maximum absolute atomic E-state index is 11.9. The van der Waals surface area contributed by atoms with Gasteiger partial charge in [0.05, 0.1) is 5.69 Å². The van der Waals surface area contributed by atoms with Crippen LogP contribution in [0.2, 0.25) is 0 Å². The summed E-state index contributed by atoms with van der Waals surface area (Å²) in [5.41, 5.74) is 1.82. The number of imide groups is 1. The molecule has 1 aromatic rings. The van der Waals surface area contributed by atoms with Crippen molar-refractivity contribution in [2.75, 3.05) is 11.4 Å². The Labute approximate surface area is 113 Å². The minimum Gasteiger partial charge on any atom is -0.310 e. The highest BCUT2D eigenvalue weighted by molar-refractivity contribution is 6.20. The number of anilines is 1. The Morgan fingerprint density at radius 1 is 1.32 bits per heavy atom. The Bertz CT molecular complexity index is 481. The molecule has 4 heteroatoms. The molecule has 102 valence electrons. The second kappa shape index (κ2) is 5.53. The molecule has 1 N–H and O–H groups in total. The van der Waals surface area contributed by atoms with Crippen molar-refractivity contribution in [2.45, 2.75) is 33.2 Å². The van der Waals surface area contributed by atoms with Crippen LogP contribution in [0.3, 0.4) is 0 Å². The lowest BCUT2D eigenvalue weighted by Crippen LogP contribution is -2.30. The van der Waals surface area contributed by atoms with Gasteiger partial charge >= 0.3 is 0 Å². The van der Waals surface area contributed by atoms with E-state index in [1.54, 1.807) is 6.92 Å². The van der Waals surface area contributed by atoms with Crippen LogP contribution in [0.15, 0.2) is 24.3 Å². The van der Waals surface area contributed by atoms with E-state index in [0.29, 0.717) is 12.1 Å². The molecule has 19 heavy (non-hydrogen) atoms. The molecule has 1 saturated heterocycles. The Morgan fingerprint density at radius 2 is 1.95 bits per heavy atom. The number of amides is 2. The van der Waals surface area contributed by atoms with Crippen molar-refractivity contribution in [3.05, 3.63) is 29.8 Å². The van der Waals surface area contributed by atoms with E-state index in [1.165, 1.54) is 4.90 Å². The highest BCUT2D eigenvalue weighted by Crippen LogP contribution is 2.27. The predicted molar refractivity (Wildman–Crippen MR) is 74.8 cm³/mol. The number of hydrogen-bond donors (Lipinski definition) is 1. The van der Waals surface area contributed by atoms with Gasteiger partial charge in [-0.15, -0.1) is 0 Å². The van der Waals surface area contributed by atoms with Gasteiger partial charge < -0.3 is 5.32 Å². The standard InChI is InChI=1S/C15H20N2O2/c1-4-16-11(3)12-5-7-13(8-6-12)17-14(18)9-10(2)15(17)19/h5-8,10-11,16H,4,9H2,1-3H3. The highest BCUT2D eigenvalue weighted by atomic mass is 16.2. The van der Waals surface area contributed by atoms with Crippen LogP contribution in [-0.4, -0.2) is 18.4 Å². The molecule has 1 fully saturated rings. The van der Waals surface area contributed by atoms with Crippen molar-refractivity contribution in [1.82, 2.24) is 5.32 Å². The number of rotatable bonds is 4. The van der Waals surface area contributed by atoms with E-state index in [4.69, 9.17) is 0 Å². The fourth-order valence-electron chi connectivity index (χ4n) is 2.39. The highest BCUT2D eigenvalue weighted by Gasteiger charge is 2.36. The van der Waals surface area contributed by atoms with Crippen LogP contribution in [0.5, 0.6) is 0 Å².